The molecule has 5 nitrogen and oxygen atoms in total. The smallest absolute Gasteiger partial charge is 0.249 e. The van der Waals surface area contributed by atoms with E-state index in [-0.39, 0.29) is 5.91 Å². The average molecular weight is 451 g/mol. The molecule has 1 spiro atoms. The van der Waals surface area contributed by atoms with Gasteiger partial charge in [-0.1, -0.05) is 17.7 Å². The number of halogens is 1. The molecule has 3 fully saturated rings. The lowest BCUT2D eigenvalue weighted by molar-refractivity contribution is -0.126. The standard InChI is InChI=1S/C26H31ClN4O/c27-24-17-23(8-5-21(24)18-28)31-16-11-26(19-31)9-14-29(15-10-26)22-6-3-20(4-7-22)25(32)30-12-1-2-13-30/h3,5-6,8,17H,1-2,4,7,9-16,19H2. The van der Waals surface area contributed by atoms with Gasteiger partial charge in [0.25, 0.3) is 0 Å². The summed E-state index contributed by atoms with van der Waals surface area (Å²) in [5, 5.41) is 9.66. The van der Waals surface area contributed by atoms with E-state index < -0.39 is 0 Å². The molecule has 1 amide bonds. The first-order valence-corrected chi connectivity index (χ1v) is 12.3. The van der Waals surface area contributed by atoms with Gasteiger partial charge in [0, 0.05) is 56.2 Å². The highest BCUT2D eigenvalue weighted by atomic mass is 35.5. The summed E-state index contributed by atoms with van der Waals surface area (Å²) in [6, 6.07) is 7.94. The third-order valence-corrected chi connectivity index (χ3v) is 8.21. The Morgan fingerprint density at radius 2 is 1.69 bits per heavy atom. The van der Waals surface area contributed by atoms with Gasteiger partial charge in [0.2, 0.25) is 5.91 Å². The predicted molar refractivity (Wildman–Crippen MR) is 127 cm³/mol. The zero-order valence-electron chi connectivity index (χ0n) is 18.7. The summed E-state index contributed by atoms with van der Waals surface area (Å²) in [6.07, 6.45) is 12.0. The topological polar surface area (TPSA) is 50.6 Å². The molecular formula is C26H31ClN4O. The fourth-order valence-corrected chi connectivity index (χ4v) is 6.03. The number of amides is 1. The SMILES string of the molecule is N#Cc1ccc(N2CCC3(CCN(C4=CC=C(C(=O)N5CCCC5)CC4)CC3)C2)cc1Cl. The van der Waals surface area contributed by atoms with E-state index in [1.165, 1.54) is 25.0 Å². The quantitative estimate of drug-likeness (QED) is 0.668. The molecule has 6 heteroatoms. The average Bonchev–Trinajstić information content (AvgIpc) is 3.50. The monoisotopic (exact) mass is 450 g/mol. The van der Waals surface area contributed by atoms with Crippen molar-refractivity contribution in [3.63, 3.8) is 0 Å². The van der Waals surface area contributed by atoms with Gasteiger partial charge in [0.1, 0.15) is 6.07 Å². The summed E-state index contributed by atoms with van der Waals surface area (Å²) < 4.78 is 0. The Labute approximate surface area is 195 Å². The summed E-state index contributed by atoms with van der Waals surface area (Å²) in [5.74, 6) is 0.254. The fraction of sp³-hybridized carbons (Fsp3) is 0.538. The van der Waals surface area contributed by atoms with Crippen LogP contribution in [0.1, 0.15) is 50.5 Å². The zero-order valence-corrected chi connectivity index (χ0v) is 19.4. The van der Waals surface area contributed by atoms with Gasteiger partial charge in [-0.25, -0.2) is 0 Å². The molecule has 5 rings (SSSR count). The second-order valence-electron chi connectivity index (χ2n) is 9.78. The maximum Gasteiger partial charge on any atom is 0.249 e. The summed E-state index contributed by atoms with van der Waals surface area (Å²) >= 11 is 6.27. The van der Waals surface area contributed by atoms with Crippen LogP contribution in [0.5, 0.6) is 0 Å². The molecule has 0 N–H and O–H groups in total. The van der Waals surface area contributed by atoms with Crippen molar-refractivity contribution < 1.29 is 4.79 Å². The highest BCUT2D eigenvalue weighted by molar-refractivity contribution is 6.32. The van der Waals surface area contributed by atoms with E-state index in [1.54, 1.807) is 0 Å². The molecule has 32 heavy (non-hydrogen) atoms. The molecule has 168 valence electrons. The normalized spacial score (nSPS) is 22.7. The fourth-order valence-electron chi connectivity index (χ4n) is 5.81. The van der Waals surface area contributed by atoms with Crippen LogP contribution < -0.4 is 4.90 Å². The maximum absolute atomic E-state index is 12.6. The molecule has 0 radical (unpaired) electrons. The van der Waals surface area contributed by atoms with E-state index in [1.807, 2.05) is 23.1 Å². The summed E-state index contributed by atoms with van der Waals surface area (Å²) in [5.41, 5.74) is 4.42. The summed E-state index contributed by atoms with van der Waals surface area (Å²) in [4.78, 5) is 19.6. The predicted octanol–water partition coefficient (Wildman–Crippen LogP) is 4.73. The lowest BCUT2D eigenvalue weighted by Gasteiger charge is -2.42. The molecule has 3 heterocycles. The van der Waals surface area contributed by atoms with Crippen LogP contribution in [-0.2, 0) is 4.79 Å². The van der Waals surface area contributed by atoms with Gasteiger partial charge in [-0.2, -0.15) is 5.26 Å². The van der Waals surface area contributed by atoms with Gasteiger partial charge >= 0.3 is 0 Å². The number of piperidine rings is 1. The Balaban J connectivity index is 1.18. The van der Waals surface area contributed by atoms with E-state index >= 15 is 0 Å². The van der Waals surface area contributed by atoms with Crippen molar-refractivity contribution in [1.29, 1.82) is 5.26 Å². The van der Waals surface area contributed by atoms with Crippen molar-refractivity contribution in [3.05, 3.63) is 52.2 Å². The van der Waals surface area contributed by atoms with Crippen LogP contribution in [0.3, 0.4) is 0 Å². The first kappa shape index (κ1) is 21.4. The largest absolute Gasteiger partial charge is 0.375 e. The van der Waals surface area contributed by atoms with Crippen LogP contribution in [0, 0.1) is 16.7 Å². The van der Waals surface area contributed by atoms with Gasteiger partial charge in [-0.15, -0.1) is 0 Å². The number of likely N-dealkylation sites (tertiary alicyclic amines) is 2. The molecule has 1 aromatic carbocycles. The lowest BCUT2D eigenvalue weighted by atomic mass is 9.77. The molecule has 1 aliphatic carbocycles. The van der Waals surface area contributed by atoms with Crippen LogP contribution in [0.4, 0.5) is 5.69 Å². The van der Waals surface area contributed by atoms with E-state index in [9.17, 15) is 4.79 Å². The Morgan fingerprint density at radius 3 is 2.31 bits per heavy atom. The Morgan fingerprint density at radius 1 is 0.969 bits per heavy atom. The Hall–Kier alpha value is -2.45. The van der Waals surface area contributed by atoms with E-state index in [2.05, 4.69) is 28.0 Å². The van der Waals surface area contributed by atoms with Crippen molar-refractivity contribution in [3.8, 4) is 6.07 Å². The minimum Gasteiger partial charge on any atom is -0.375 e. The number of nitrogens with zero attached hydrogens (tertiary/aromatic N) is 4. The molecule has 0 unspecified atom stereocenters. The Bertz CT molecular complexity index is 994. The van der Waals surface area contributed by atoms with Crippen LogP contribution >= 0.6 is 11.6 Å². The van der Waals surface area contributed by atoms with E-state index in [4.69, 9.17) is 16.9 Å². The van der Waals surface area contributed by atoms with Crippen molar-refractivity contribution in [2.45, 2.75) is 44.9 Å². The molecule has 0 bridgehead atoms. The van der Waals surface area contributed by atoms with Crippen LogP contribution in [0.2, 0.25) is 5.02 Å². The van der Waals surface area contributed by atoms with Gasteiger partial charge < -0.3 is 14.7 Å². The van der Waals surface area contributed by atoms with Crippen LogP contribution in [-0.4, -0.2) is 55.0 Å². The van der Waals surface area contributed by atoms with Gasteiger partial charge in [0.15, 0.2) is 0 Å². The molecular weight excluding hydrogens is 420 g/mol. The molecule has 1 aromatic rings. The molecule has 4 aliphatic rings. The van der Waals surface area contributed by atoms with E-state index in [0.29, 0.717) is 16.0 Å². The van der Waals surface area contributed by atoms with E-state index in [0.717, 1.165) is 76.2 Å². The lowest BCUT2D eigenvalue weighted by Crippen LogP contribution is -2.41. The van der Waals surface area contributed by atoms with Crippen molar-refractivity contribution in [2.24, 2.45) is 5.41 Å². The van der Waals surface area contributed by atoms with Crippen LogP contribution in [0.15, 0.2) is 41.6 Å². The molecule has 0 saturated carbocycles. The minimum atomic E-state index is 0.254. The number of allylic oxidation sites excluding steroid dienone is 3. The van der Waals surface area contributed by atoms with Gasteiger partial charge in [-0.05, 0) is 74.6 Å². The highest BCUT2D eigenvalue weighted by Crippen LogP contribution is 2.43. The number of hydrogen-bond donors (Lipinski definition) is 0. The number of carbonyl (C=O) groups excluding carboxylic acids is 1. The molecule has 0 atom stereocenters. The van der Waals surface area contributed by atoms with Crippen molar-refractivity contribution >= 4 is 23.2 Å². The van der Waals surface area contributed by atoms with Gasteiger partial charge in [0.05, 0.1) is 10.6 Å². The minimum absolute atomic E-state index is 0.254. The van der Waals surface area contributed by atoms with Crippen LogP contribution in [0.25, 0.3) is 0 Å². The third kappa shape index (κ3) is 4.13. The first-order valence-electron chi connectivity index (χ1n) is 12.0. The van der Waals surface area contributed by atoms with Crippen molar-refractivity contribution in [1.82, 2.24) is 9.80 Å². The summed E-state index contributed by atoms with van der Waals surface area (Å²) in [7, 11) is 0. The first-order chi connectivity index (χ1) is 15.6. The number of carbonyl (C=O) groups is 1. The molecule has 3 saturated heterocycles. The Kier molecular flexibility index (Phi) is 5.90. The third-order valence-electron chi connectivity index (χ3n) is 7.90. The molecule has 0 aromatic heterocycles. The number of nitriles is 1. The summed E-state index contributed by atoms with van der Waals surface area (Å²) in [6.45, 7) is 6.15. The maximum atomic E-state index is 12.6. The van der Waals surface area contributed by atoms with Gasteiger partial charge in [-0.3, -0.25) is 4.79 Å². The van der Waals surface area contributed by atoms with Crippen molar-refractivity contribution in [2.75, 3.05) is 44.2 Å². The zero-order chi connectivity index (χ0) is 22.1. The molecule has 3 aliphatic heterocycles. The second kappa shape index (κ2) is 8.83. The number of rotatable bonds is 3. The number of anilines is 1. The second-order valence-corrected chi connectivity index (χ2v) is 10.2. The number of benzene rings is 1. The number of hydrogen-bond acceptors (Lipinski definition) is 4. The highest BCUT2D eigenvalue weighted by Gasteiger charge is 2.41.